The minimum Gasteiger partial charge on any atom is -0.459 e. The number of likely N-dealkylation sites (N-methyl/N-ethyl adjacent to an activating group) is 1. The van der Waals surface area contributed by atoms with Crippen molar-refractivity contribution in [2.24, 2.45) is 23.7 Å². The zero-order chi connectivity index (χ0) is 47.0. The summed E-state index contributed by atoms with van der Waals surface area (Å²) in [5, 5.41) is 77.5. The van der Waals surface area contributed by atoms with Crippen molar-refractivity contribution < 1.29 is 63.9 Å². The van der Waals surface area contributed by atoms with E-state index in [1.165, 1.54) is 19.6 Å². The summed E-state index contributed by atoms with van der Waals surface area (Å²) >= 11 is 0. The van der Waals surface area contributed by atoms with Gasteiger partial charge >= 0.3 is 5.97 Å². The van der Waals surface area contributed by atoms with E-state index in [1.807, 2.05) is 32.2 Å². The van der Waals surface area contributed by atoms with Gasteiger partial charge in [-0.05, 0) is 79.3 Å². The van der Waals surface area contributed by atoms with Gasteiger partial charge in [-0.1, -0.05) is 58.0 Å². The molecule has 0 amide bonds. The number of carbonyl (C=O) groups is 1. The maximum atomic E-state index is 14.3. The van der Waals surface area contributed by atoms with Gasteiger partial charge in [0.25, 0.3) is 0 Å². The van der Waals surface area contributed by atoms with Crippen LogP contribution in [0.3, 0.4) is 0 Å². The van der Waals surface area contributed by atoms with Crippen LogP contribution in [0.4, 0.5) is 0 Å². The average Bonchev–Trinajstić information content (AvgIpc) is 3.24. The molecule has 0 aromatic heterocycles. The summed E-state index contributed by atoms with van der Waals surface area (Å²) < 4.78 is 37.8. The first kappa shape index (κ1) is 53.7. The van der Waals surface area contributed by atoms with Crippen LogP contribution in [0.15, 0.2) is 30.3 Å². The Bertz CT molecular complexity index is 1530. The van der Waals surface area contributed by atoms with Crippen LogP contribution in [0.1, 0.15) is 100 Å². The van der Waals surface area contributed by atoms with Crippen LogP contribution < -0.4 is 10.6 Å². The van der Waals surface area contributed by atoms with Gasteiger partial charge in [0.1, 0.15) is 23.9 Å². The minimum absolute atomic E-state index is 0.0520. The van der Waals surface area contributed by atoms with Crippen LogP contribution in [0.2, 0.25) is 0 Å². The van der Waals surface area contributed by atoms with Crippen molar-refractivity contribution in [2.45, 2.75) is 192 Å². The monoisotopic (exact) mass is 898 g/mol. The maximum Gasteiger partial charge on any atom is 0.311 e. The second-order valence-corrected chi connectivity index (χ2v) is 19.6. The van der Waals surface area contributed by atoms with Crippen LogP contribution in [0, 0.1) is 23.7 Å². The van der Waals surface area contributed by atoms with E-state index in [9.17, 15) is 35.4 Å². The zero-order valence-corrected chi connectivity index (χ0v) is 40.0. The minimum atomic E-state index is -1.95. The Kier molecular flexibility index (Phi) is 19.8. The Morgan fingerprint density at radius 1 is 0.841 bits per heavy atom. The summed E-state index contributed by atoms with van der Waals surface area (Å²) in [4.78, 5) is 16.4. The average molecular weight is 898 g/mol. The van der Waals surface area contributed by atoms with E-state index in [1.54, 1.807) is 55.4 Å². The van der Waals surface area contributed by atoms with Gasteiger partial charge in [0, 0.05) is 64.1 Å². The topological polar surface area (TPSA) is 221 Å². The third-order valence-electron chi connectivity index (χ3n) is 14.2. The highest BCUT2D eigenvalue weighted by atomic mass is 16.7. The lowest BCUT2D eigenvalue weighted by molar-refractivity contribution is -0.318. The molecule has 3 fully saturated rings. The molecule has 16 nitrogen and oxygen atoms in total. The molecule has 3 saturated heterocycles. The van der Waals surface area contributed by atoms with Gasteiger partial charge in [0.05, 0.1) is 53.7 Å². The van der Waals surface area contributed by atoms with Crippen LogP contribution in [-0.2, 0) is 39.8 Å². The summed E-state index contributed by atoms with van der Waals surface area (Å²) in [5.74, 6) is -4.21. The molecular weight excluding hydrogens is 815 g/mol. The van der Waals surface area contributed by atoms with Crippen molar-refractivity contribution in [3.05, 3.63) is 35.9 Å². The Labute approximate surface area is 376 Å². The fourth-order valence-corrected chi connectivity index (χ4v) is 10.1. The summed E-state index contributed by atoms with van der Waals surface area (Å²) in [6.45, 7) is 20.5. The Morgan fingerprint density at radius 3 is 2.13 bits per heavy atom. The van der Waals surface area contributed by atoms with Gasteiger partial charge in [0.2, 0.25) is 0 Å². The molecule has 0 radical (unpaired) electrons. The van der Waals surface area contributed by atoms with Gasteiger partial charge in [-0.15, -0.1) is 0 Å². The van der Waals surface area contributed by atoms with E-state index >= 15 is 0 Å². The van der Waals surface area contributed by atoms with Gasteiger partial charge in [-0.3, -0.25) is 9.69 Å². The second-order valence-electron chi connectivity index (χ2n) is 19.6. The first-order chi connectivity index (χ1) is 29.5. The lowest BCUT2D eigenvalue weighted by Gasteiger charge is -2.49. The number of nitrogens with zero attached hydrogens (tertiary/aromatic N) is 1. The number of methoxy groups -OCH3 is 1. The highest BCUT2D eigenvalue weighted by molar-refractivity contribution is 5.73. The third-order valence-corrected chi connectivity index (χ3v) is 14.2. The molecule has 1 aromatic carbocycles. The maximum absolute atomic E-state index is 14.3. The normalized spacial score (nSPS) is 43.6. The summed E-state index contributed by atoms with van der Waals surface area (Å²) in [6.07, 6.45) is -10.8. The molecule has 0 spiro atoms. The van der Waals surface area contributed by atoms with Crippen molar-refractivity contribution in [2.75, 3.05) is 40.3 Å². The second kappa shape index (κ2) is 23.2. The molecule has 16 heteroatoms. The first-order valence-corrected chi connectivity index (χ1v) is 23.2. The number of rotatable bonds is 15. The SMILES string of the molecule is CC[C@H]1OC(=O)[C@H](C)[C@@H](OC2C[C@@](C)(OC)[C@@H](O)[C@H](C)O2)[C@H](C)[C@@H](O[C@@H]2O[C@H](C)C[C@H](N(C)CCNCCNCc3ccccc3)[C@H]2O)[C@@](C)(O)C[C@@H](C)[C@H](O)[C@H](C)[C@@H](O)[C@]1(C)O. The fraction of sp³-hybridized carbons (Fsp3) is 0.851. The van der Waals surface area contributed by atoms with Crippen molar-refractivity contribution in [3.63, 3.8) is 0 Å². The fourth-order valence-electron chi connectivity index (χ4n) is 10.1. The highest BCUT2D eigenvalue weighted by Crippen LogP contribution is 2.41. The van der Waals surface area contributed by atoms with E-state index in [-0.39, 0.29) is 31.4 Å². The van der Waals surface area contributed by atoms with Gasteiger partial charge < -0.3 is 69.7 Å². The molecule has 4 rings (SSSR count). The number of carbonyl (C=O) groups excluding carboxylic acids is 1. The van der Waals surface area contributed by atoms with E-state index in [0.717, 1.165) is 19.6 Å². The van der Waals surface area contributed by atoms with E-state index in [2.05, 4.69) is 27.7 Å². The van der Waals surface area contributed by atoms with E-state index in [4.69, 9.17) is 28.4 Å². The summed E-state index contributed by atoms with van der Waals surface area (Å²) in [5.41, 5.74) is -3.56. The predicted octanol–water partition coefficient (Wildman–Crippen LogP) is 2.33. The molecule has 1 unspecified atom stereocenters. The third kappa shape index (κ3) is 13.4. The molecule has 8 N–H and O–H groups in total. The molecule has 0 aliphatic carbocycles. The van der Waals surface area contributed by atoms with E-state index < -0.39 is 108 Å². The molecule has 3 heterocycles. The largest absolute Gasteiger partial charge is 0.459 e. The van der Waals surface area contributed by atoms with Crippen molar-refractivity contribution in [1.29, 1.82) is 0 Å². The predicted molar refractivity (Wildman–Crippen MR) is 237 cm³/mol. The van der Waals surface area contributed by atoms with Crippen LogP contribution in [-0.4, -0.2) is 172 Å². The smallest absolute Gasteiger partial charge is 0.311 e. The Balaban J connectivity index is 1.64. The lowest BCUT2D eigenvalue weighted by Crippen LogP contribution is -2.61. The number of ether oxygens (including phenoxy) is 6. The van der Waals surface area contributed by atoms with Gasteiger partial charge in [0.15, 0.2) is 12.6 Å². The zero-order valence-electron chi connectivity index (χ0n) is 40.0. The van der Waals surface area contributed by atoms with Crippen molar-refractivity contribution >= 4 is 5.97 Å². The molecule has 3 aliphatic heterocycles. The molecule has 0 saturated carbocycles. The molecule has 63 heavy (non-hydrogen) atoms. The van der Waals surface area contributed by atoms with Crippen LogP contribution in [0.5, 0.6) is 0 Å². The lowest BCUT2D eigenvalue weighted by atomic mass is 9.73. The summed E-state index contributed by atoms with van der Waals surface area (Å²) in [7, 11) is 3.44. The highest BCUT2D eigenvalue weighted by Gasteiger charge is 2.53. The van der Waals surface area contributed by atoms with Crippen molar-refractivity contribution in [1.82, 2.24) is 15.5 Å². The number of esters is 1. The molecule has 3 aliphatic rings. The first-order valence-electron chi connectivity index (χ1n) is 23.2. The number of cyclic esters (lactones) is 1. The standard InChI is InChI=1S/C47H83N3O13/c1-13-35-47(10,57)40(53)29(4)37(51)27(2)24-45(8,56)42(30(5)39(31(6)43(55)61-35)62-36-25-46(9,58-12)41(54)32(7)60-36)63-44-38(52)34(23-28(3)59-44)50(11)22-21-48-19-20-49-26-33-17-15-14-16-18-33/h14-18,27-32,34-42,44,48-49,51-54,56-57H,13,19-26H2,1-12H3/t27-,28-,29+,30+,31-,32+,34+,35-,36?,37+,38-,39+,40-,41+,42-,44+,45+,46-,47-/m1/s1. The number of benzene rings is 1. The van der Waals surface area contributed by atoms with E-state index in [0.29, 0.717) is 19.5 Å². The van der Waals surface area contributed by atoms with Crippen LogP contribution >= 0.6 is 0 Å². The Hall–Kier alpha value is -1.87. The Morgan fingerprint density at radius 2 is 1.49 bits per heavy atom. The quantitative estimate of drug-likeness (QED) is 0.0936. The van der Waals surface area contributed by atoms with Gasteiger partial charge in [-0.25, -0.2) is 0 Å². The van der Waals surface area contributed by atoms with Crippen LogP contribution in [0.25, 0.3) is 0 Å². The number of aliphatic hydroxyl groups excluding tert-OH is 4. The van der Waals surface area contributed by atoms with Crippen molar-refractivity contribution in [3.8, 4) is 0 Å². The number of hydrogen-bond acceptors (Lipinski definition) is 16. The summed E-state index contributed by atoms with van der Waals surface area (Å²) in [6, 6.07) is 9.85. The molecule has 19 atom stereocenters. The molecule has 1 aromatic rings. The number of aliphatic hydroxyl groups is 6. The van der Waals surface area contributed by atoms with Gasteiger partial charge in [-0.2, -0.15) is 0 Å². The molecule has 0 bridgehead atoms. The number of nitrogens with one attached hydrogen (secondary N) is 2. The number of hydrogen-bond donors (Lipinski definition) is 8. The molecular formula is C47H83N3O13. The molecule has 364 valence electrons.